The number of benzene rings is 1. The van der Waals surface area contributed by atoms with Crippen molar-refractivity contribution in [3.8, 4) is 0 Å². The summed E-state index contributed by atoms with van der Waals surface area (Å²) >= 11 is 1.49. The molecule has 1 atom stereocenters. The Labute approximate surface area is 132 Å². The normalized spacial score (nSPS) is 17.1. The first-order valence-corrected chi connectivity index (χ1v) is 7.92. The SMILES string of the molecule is Cc1nc(CC(=O)N2Cc3ccccc3C[C@H]2C(=O)O)cs1. The highest BCUT2D eigenvalue weighted by molar-refractivity contribution is 7.09. The molecule has 6 heteroatoms. The summed E-state index contributed by atoms with van der Waals surface area (Å²) in [5, 5.41) is 12.2. The van der Waals surface area contributed by atoms with E-state index in [1.807, 2.05) is 36.6 Å². The van der Waals surface area contributed by atoms with Crippen LogP contribution in [0.25, 0.3) is 0 Å². The number of hydrogen-bond donors (Lipinski definition) is 1. The van der Waals surface area contributed by atoms with Gasteiger partial charge in [-0.1, -0.05) is 24.3 Å². The highest BCUT2D eigenvalue weighted by atomic mass is 32.1. The number of carbonyl (C=O) groups is 2. The van der Waals surface area contributed by atoms with Crippen LogP contribution in [-0.2, 0) is 29.0 Å². The number of amides is 1. The first-order chi connectivity index (χ1) is 10.5. The molecular formula is C16H16N2O3S. The lowest BCUT2D eigenvalue weighted by Gasteiger charge is -2.34. The number of carboxylic acids is 1. The largest absolute Gasteiger partial charge is 0.480 e. The molecule has 0 bridgehead atoms. The minimum Gasteiger partial charge on any atom is -0.480 e. The van der Waals surface area contributed by atoms with Crippen molar-refractivity contribution in [2.24, 2.45) is 0 Å². The van der Waals surface area contributed by atoms with Gasteiger partial charge < -0.3 is 10.0 Å². The van der Waals surface area contributed by atoms with Gasteiger partial charge in [0, 0.05) is 18.3 Å². The van der Waals surface area contributed by atoms with E-state index in [0.29, 0.717) is 18.7 Å². The number of aromatic nitrogens is 1. The summed E-state index contributed by atoms with van der Waals surface area (Å²) in [7, 11) is 0. The van der Waals surface area contributed by atoms with Crippen LogP contribution in [0.2, 0.25) is 0 Å². The van der Waals surface area contributed by atoms with E-state index in [0.717, 1.165) is 16.1 Å². The van der Waals surface area contributed by atoms with Crippen molar-refractivity contribution in [3.05, 3.63) is 51.5 Å². The van der Waals surface area contributed by atoms with Gasteiger partial charge in [-0.25, -0.2) is 9.78 Å². The molecule has 0 saturated carbocycles. The molecule has 0 fully saturated rings. The minimum atomic E-state index is -0.961. The number of carboxylic acid groups (broad SMARTS) is 1. The highest BCUT2D eigenvalue weighted by Crippen LogP contribution is 2.24. The van der Waals surface area contributed by atoms with Gasteiger partial charge in [-0.15, -0.1) is 11.3 Å². The second-order valence-electron chi connectivity index (χ2n) is 5.38. The molecule has 1 amide bonds. The summed E-state index contributed by atoms with van der Waals surface area (Å²) in [4.78, 5) is 29.8. The van der Waals surface area contributed by atoms with Gasteiger partial charge in [-0.05, 0) is 18.1 Å². The topological polar surface area (TPSA) is 70.5 Å². The monoisotopic (exact) mass is 316 g/mol. The summed E-state index contributed by atoms with van der Waals surface area (Å²) in [5.41, 5.74) is 2.72. The molecule has 1 aromatic heterocycles. The summed E-state index contributed by atoms with van der Waals surface area (Å²) in [6, 6.07) is 6.87. The van der Waals surface area contributed by atoms with Gasteiger partial charge in [-0.3, -0.25) is 4.79 Å². The van der Waals surface area contributed by atoms with Gasteiger partial charge in [0.25, 0.3) is 0 Å². The van der Waals surface area contributed by atoms with Crippen molar-refractivity contribution >= 4 is 23.2 Å². The summed E-state index contributed by atoms with van der Waals surface area (Å²) in [6.07, 6.45) is 0.504. The Hall–Kier alpha value is -2.21. The second kappa shape index (κ2) is 5.88. The lowest BCUT2D eigenvalue weighted by molar-refractivity contribution is -0.151. The maximum Gasteiger partial charge on any atom is 0.326 e. The van der Waals surface area contributed by atoms with Crippen LogP contribution >= 0.6 is 11.3 Å². The number of carbonyl (C=O) groups excluding carboxylic acids is 1. The minimum absolute atomic E-state index is 0.149. The molecular weight excluding hydrogens is 300 g/mol. The fourth-order valence-electron chi connectivity index (χ4n) is 2.75. The Morgan fingerprint density at radius 3 is 2.73 bits per heavy atom. The Morgan fingerprint density at radius 2 is 2.09 bits per heavy atom. The number of aryl methyl sites for hydroxylation is 1. The third-order valence-electron chi connectivity index (χ3n) is 3.85. The van der Waals surface area contributed by atoms with Crippen LogP contribution in [0, 0.1) is 6.92 Å². The van der Waals surface area contributed by atoms with Crippen molar-refractivity contribution in [2.45, 2.75) is 32.4 Å². The maximum atomic E-state index is 12.5. The molecule has 2 aromatic rings. The smallest absolute Gasteiger partial charge is 0.326 e. The summed E-state index contributed by atoms with van der Waals surface area (Å²) < 4.78 is 0. The molecule has 0 radical (unpaired) electrons. The average Bonchev–Trinajstić information content (AvgIpc) is 2.90. The van der Waals surface area contributed by atoms with Crippen molar-refractivity contribution < 1.29 is 14.7 Å². The fourth-order valence-corrected chi connectivity index (χ4v) is 3.36. The third kappa shape index (κ3) is 2.87. The Balaban J connectivity index is 1.84. The second-order valence-corrected chi connectivity index (χ2v) is 6.45. The summed E-state index contributed by atoms with van der Waals surface area (Å²) in [5.74, 6) is -1.15. The van der Waals surface area contributed by atoms with Crippen LogP contribution in [0.1, 0.15) is 21.8 Å². The zero-order chi connectivity index (χ0) is 15.7. The van der Waals surface area contributed by atoms with Crippen molar-refractivity contribution in [1.82, 2.24) is 9.88 Å². The van der Waals surface area contributed by atoms with Crippen LogP contribution in [0.5, 0.6) is 0 Å². The van der Waals surface area contributed by atoms with Crippen LogP contribution in [-0.4, -0.2) is 32.9 Å². The molecule has 3 rings (SSSR count). The van der Waals surface area contributed by atoms with E-state index in [-0.39, 0.29) is 12.3 Å². The number of rotatable bonds is 3. The molecule has 0 saturated heterocycles. The molecule has 5 nitrogen and oxygen atoms in total. The van der Waals surface area contributed by atoms with E-state index < -0.39 is 12.0 Å². The maximum absolute atomic E-state index is 12.5. The van der Waals surface area contributed by atoms with Gasteiger partial charge >= 0.3 is 5.97 Å². The van der Waals surface area contributed by atoms with E-state index in [2.05, 4.69) is 4.98 Å². The molecule has 1 aromatic carbocycles. The number of aliphatic carboxylic acids is 1. The van der Waals surface area contributed by atoms with Crippen LogP contribution in [0.4, 0.5) is 0 Å². The Bertz CT molecular complexity index is 726. The first-order valence-electron chi connectivity index (χ1n) is 7.04. The van der Waals surface area contributed by atoms with Gasteiger partial charge in [0.05, 0.1) is 17.1 Å². The van der Waals surface area contributed by atoms with Crippen molar-refractivity contribution in [3.63, 3.8) is 0 Å². The number of fused-ring (bicyclic) bond motifs is 1. The molecule has 22 heavy (non-hydrogen) atoms. The predicted octanol–water partition coefficient (Wildman–Crippen LogP) is 2.03. The Kier molecular flexibility index (Phi) is 3.94. The van der Waals surface area contributed by atoms with Gasteiger partial charge in [0.15, 0.2) is 0 Å². The zero-order valence-electron chi connectivity index (χ0n) is 12.2. The quantitative estimate of drug-likeness (QED) is 0.940. The molecule has 1 aliphatic heterocycles. The number of hydrogen-bond acceptors (Lipinski definition) is 4. The molecule has 1 aliphatic rings. The molecule has 0 aliphatic carbocycles. The van der Waals surface area contributed by atoms with E-state index in [9.17, 15) is 14.7 Å². The van der Waals surface area contributed by atoms with Gasteiger partial charge in [0.2, 0.25) is 5.91 Å². The molecule has 0 spiro atoms. The predicted molar refractivity (Wildman–Crippen MR) is 82.7 cm³/mol. The number of nitrogens with zero attached hydrogens (tertiary/aromatic N) is 2. The van der Waals surface area contributed by atoms with E-state index in [1.165, 1.54) is 16.2 Å². The lowest BCUT2D eigenvalue weighted by Crippen LogP contribution is -2.49. The van der Waals surface area contributed by atoms with Crippen LogP contribution in [0.15, 0.2) is 29.6 Å². The summed E-state index contributed by atoms with van der Waals surface area (Å²) in [6.45, 7) is 2.23. The lowest BCUT2D eigenvalue weighted by atomic mass is 9.93. The third-order valence-corrected chi connectivity index (χ3v) is 4.68. The van der Waals surface area contributed by atoms with Gasteiger partial charge in [0.1, 0.15) is 6.04 Å². The Morgan fingerprint density at radius 1 is 1.36 bits per heavy atom. The number of thiazole rings is 1. The molecule has 1 N–H and O–H groups in total. The van der Waals surface area contributed by atoms with E-state index >= 15 is 0 Å². The highest BCUT2D eigenvalue weighted by Gasteiger charge is 2.34. The molecule has 114 valence electrons. The van der Waals surface area contributed by atoms with E-state index in [1.54, 1.807) is 0 Å². The average molecular weight is 316 g/mol. The fraction of sp³-hybridized carbons (Fsp3) is 0.312. The molecule has 2 heterocycles. The first kappa shape index (κ1) is 14.7. The van der Waals surface area contributed by atoms with Gasteiger partial charge in [-0.2, -0.15) is 0 Å². The van der Waals surface area contributed by atoms with Crippen molar-refractivity contribution in [1.29, 1.82) is 0 Å². The van der Waals surface area contributed by atoms with Crippen LogP contribution < -0.4 is 0 Å². The molecule has 0 unspecified atom stereocenters. The van der Waals surface area contributed by atoms with E-state index in [4.69, 9.17) is 0 Å². The van der Waals surface area contributed by atoms with Crippen molar-refractivity contribution in [2.75, 3.05) is 0 Å². The standard InChI is InChI=1S/C16H16N2O3S/c1-10-17-13(9-22-10)7-15(19)18-8-12-5-3-2-4-11(12)6-14(18)16(20)21/h2-5,9,14H,6-8H2,1H3,(H,20,21)/t14-/m0/s1. The zero-order valence-corrected chi connectivity index (χ0v) is 13.0. The van der Waals surface area contributed by atoms with Crippen LogP contribution in [0.3, 0.4) is 0 Å².